The number of carbonyl (C=O) groups excluding carboxylic acids is 1. The summed E-state index contributed by atoms with van der Waals surface area (Å²) in [4.78, 5) is 17.3. The molecular formula is C14H17N3O2S. The Labute approximate surface area is 122 Å². The van der Waals surface area contributed by atoms with E-state index in [9.17, 15) is 4.79 Å². The molecule has 0 saturated carbocycles. The molecule has 1 fully saturated rings. The monoisotopic (exact) mass is 291 g/mol. The van der Waals surface area contributed by atoms with Crippen molar-refractivity contribution in [3.8, 4) is 5.75 Å². The summed E-state index contributed by atoms with van der Waals surface area (Å²) < 4.78 is 7.65. The average Bonchev–Trinajstić information content (AvgIpc) is 3.07. The van der Waals surface area contributed by atoms with Crippen LogP contribution in [0.25, 0.3) is 11.0 Å². The predicted molar refractivity (Wildman–Crippen MR) is 79.5 cm³/mol. The molecule has 3 rings (SSSR count). The number of hydrogen-bond acceptors (Lipinski definition) is 3. The highest BCUT2D eigenvalue weighted by Gasteiger charge is 2.19. The number of nitrogens with zero attached hydrogens (tertiary/aromatic N) is 2. The number of amides is 1. The number of nitrogens with one attached hydrogen (secondary N) is 1. The molecule has 0 bridgehead atoms. The second-order valence-corrected chi connectivity index (χ2v) is 5.37. The molecule has 106 valence electrons. The maximum absolute atomic E-state index is 12.3. The maximum Gasteiger partial charge on any atom is 0.242 e. The lowest BCUT2D eigenvalue weighted by Crippen LogP contribution is -2.31. The highest BCUT2D eigenvalue weighted by molar-refractivity contribution is 7.71. The predicted octanol–water partition coefficient (Wildman–Crippen LogP) is 2.33. The zero-order valence-electron chi connectivity index (χ0n) is 11.4. The first-order chi connectivity index (χ1) is 9.69. The minimum atomic E-state index is 0.127. The third-order valence-electron chi connectivity index (χ3n) is 3.73. The molecule has 20 heavy (non-hydrogen) atoms. The average molecular weight is 291 g/mol. The van der Waals surface area contributed by atoms with Crippen LogP contribution in [0, 0.1) is 4.77 Å². The number of ether oxygens (including phenoxy) is 1. The van der Waals surface area contributed by atoms with Gasteiger partial charge >= 0.3 is 0 Å². The number of rotatable bonds is 3. The second kappa shape index (κ2) is 5.28. The lowest BCUT2D eigenvalue weighted by molar-refractivity contribution is -0.130. The van der Waals surface area contributed by atoms with E-state index >= 15 is 0 Å². The molecule has 1 aliphatic heterocycles. The topological polar surface area (TPSA) is 50.3 Å². The number of H-pyrrole nitrogens is 1. The minimum Gasteiger partial charge on any atom is -0.497 e. The highest BCUT2D eigenvalue weighted by Crippen LogP contribution is 2.21. The van der Waals surface area contributed by atoms with Crippen LogP contribution in [0.2, 0.25) is 0 Å². The number of aromatic amines is 1. The molecule has 1 N–H and O–H groups in total. The van der Waals surface area contributed by atoms with Crippen molar-refractivity contribution in [2.45, 2.75) is 19.4 Å². The fraction of sp³-hybridized carbons (Fsp3) is 0.429. The van der Waals surface area contributed by atoms with Crippen LogP contribution in [-0.4, -0.2) is 40.6 Å². The van der Waals surface area contributed by atoms with Crippen molar-refractivity contribution in [1.82, 2.24) is 14.5 Å². The van der Waals surface area contributed by atoms with Gasteiger partial charge in [-0.3, -0.25) is 4.79 Å². The molecule has 0 radical (unpaired) electrons. The van der Waals surface area contributed by atoms with Crippen LogP contribution in [-0.2, 0) is 11.3 Å². The van der Waals surface area contributed by atoms with E-state index in [4.69, 9.17) is 17.0 Å². The van der Waals surface area contributed by atoms with Gasteiger partial charge in [-0.25, -0.2) is 0 Å². The molecule has 0 spiro atoms. The van der Waals surface area contributed by atoms with E-state index in [1.54, 1.807) is 7.11 Å². The van der Waals surface area contributed by atoms with E-state index in [-0.39, 0.29) is 12.5 Å². The Kier molecular flexibility index (Phi) is 3.48. The maximum atomic E-state index is 12.3. The fourth-order valence-corrected chi connectivity index (χ4v) is 2.89. The summed E-state index contributed by atoms with van der Waals surface area (Å²) in [6.07, 6.45) is 2.19. The van der Waals surface area contributed by atoms with Gasteiger partial charge < -0.3 is 19.2 Å². The molecule has 6 heteroatoms. The Morgan fingerprint density at radius 3 is 2.85 bits per heavy atom. The molecule has 5 nitrogen and oxygen atoms in total. The summed E-state index contributed by atoms with van der Waals surface area (Å²) in [7, 11) is 1.63. The van der Waals surface area contributed by atoms with Crippen molar-refractivity contribution in [2.24, 2.45) is 0 Å². The molecule has 1 aromatic heterocycles. The molecule has 2 heterocycles. The molecule has 2 aromatic rings. The third kappa shape index (κ3) is 2.31. The minimum absolute atomic E-state index is 0.127. The van der Waals surface area contributed by atoms with Gasteiger partial charge in [0, 0.05) is 19.2 Å². The first-order valence-electron chi connectivity index (χ1n) is 6.73. The lowest BCUT2D eigenvalue weighted by Gasteiger charge is -2.15. The van der Waals surface area contributed by atoms with Crippen molar-refractivity contribution < 1.29 is 9.53 Å². The van der Waals surface area contributed by atoms with Crippen LogP contribution in [0.4, 0.5) is 0 Å². The van der Waals surface area contributed by atoms with Crippen LogP contribution in [0.15, 0.2) is 18.2 Å². The molecule has 1 aromatic carbocycles. The van der Waals surface area contributed by atoms with Crippen molar-refractivity contribution in [2.75, 3.05) is 20.2 Å². The van der Waals surface area contributed by atoms with Crippen molar-refractivity contribution in [3.05, 3.63) is 23.0 Å². The molecule has 0 aliphatic carbocycles. The van der Waals surface area contributed by atoms with E-state index in [0.717, 1.165) is 42.7 Å². The molecule has 1 amide bonds. The van der Waals surface area contributed by atoms with Gasteiger partial charge in [-0.2, -0.15) is 0 Å². The summed E-state index contributed by atoms with van der Waals surface area (Å²) >= 11 is 5.32. The van der Waals surface area contributed by atoms with Gasteiger partial charge in [0.25, 0.3) is 0 Å². The largest absolute Gasteiger partial charge is 0.497 e. The Balaban J connectivity index is 1.95. The normalized spacial score (nSPS) is 14.9. The Bertz CT molecular complexity index is 698. The number of imidazole rings is 1. The van der Waals surface area contributed by atoms with E-state index in [1.165, 1.54) is 0 Å². The van der Waals surface area contributed by atoms with E-state index in [2.05, 4.69) is 4.98 Å². The van der Waals surface area contributed by atoms with Crippen LogP contribution in [0.3, 0.4) is 0 Å². The molecular weight excluding hydrogens is 274 g/mol. The number of carbonyl (C=O) groups is 1. The molecule has 0 atom stereocenters. The zero-order chi connectivity index (χ0) is 14.1. The molecule has 1 aliphatic rings. The summed E-state index contributed by atoms with van der Waals surface area (Å²) in [6, 6.07) is 5.69. The van der Waals surface area contributed by atoms with Crippen LogP contribution < -0.4 is 4.74 Å². The van der Waals surface area contributed by atoms with Gasteiger partial charge in [0.05, 0.1) is 18.1 Å². The van der Waals surface area contributed by atoms with Crippen LogP contribution >= 0.6 is 12.2 Å². The van der Waals surface area contributed by atoms with Crippen molar-refractivity contribution in [1.29, 1.82) is 0 Å². The van der Waals surface area contributed by atoms with Gasteiger partial charge in [0.1, 0.15) is 12.3 Å². The van der Waals surface area contributed by atoms with Crippen LogP contribution in [0.5, 0.6) is 5.75 Å². The molecule has 0 unspecified atom stereocenters. The van der Waals surface area contributed by atoms with E-state index < -0.39 is 0 Å². The summed E-state index contributed by atoms with van der Waals surface area (Å²) in [5, 5.41) is 0. The highest BCUT2D eigenvalue weighted by atomic mass is 32.1. The van der Waals surface area contributed by atoms with Crippen molar-refractivity contribution in [3.63, 3.8) is 0 Å². The number of benzene rings is 1. The van der Waals surface area contributed by atoms with Crippen molar-refractivity contribution >= 4 is 29.2 Å². The number of aromatic nitrogens is 2. The van der Waals surface area contributed by atoms with Gasteiger partial charge in [-0.05, 0) is 37.2 Å². The quantitative estimate of drug-likeness (QED) is 0.883. The third-order valence-corrected chi connectivity index (χ3v) is 4.06. The SMILES string of the molecule is COc1ccc2[nH]c(=S)n(CC(=O)N3CCCC3)c2c1. The number of fused-ring (bicyclic) bond motifs is 1. The van der Waals surface area contributed by atoms with Gasteiger partial charge in [0.2, 0.25) is 5.91 Å². The van der Waals surface area contributed by atoms with E-state index in [0.29, 0.717) is 4.77 Å². The molecule has 1 saturated heterocycles. The Morgan fingerprint density at radius 1 is 1.40 bits per heavy atom. The zero-order valence-corrected chi connectivity index (χ0v) is 12.2. The first-order valence-corrected chi connectivity index (χ1v) is 7.14. The Morgan fingerprint density at radius 2 is 2.15 bits per heavy atom. The van der Waals surface area contributed by atoms with Gasteiger partial charge in [-0.15, -0.1) is 0 Å². The Hall–Kier alpha value is -1.82. The van der Waals surface area contributed by atoms with E-state index in [1.807, 2.05) is 27.7 Å². The van der Waals surface area contributed by atoms with Crippen LogP contribution in [0.1, 0.15) is 12.8 Å². The lowest BCUT2D eigenvalue weighted by atomic mass is 10.3. The van der Waals surface area contributed by atoms with Gasteiger partial charge in [0.15, 0.2) is 4.77 Å². The standard InChI is InChI=1S/C14H17N3O2S/c1-19-10-4-5-11-12(8-10)17(14(20)15-11)9-13(18)16-6-2-3-7-16/h4-5,8H,2-3,6-7,9H2,1H3,(H,15,20). The first kappa shape index (κ1) is 13.2. The summed E-state index contributed by atoms with van der Waals surface area (Å²) in [5.41, 5.74) is 1.83. The number of likely N-dealkylation sites (tertiary alicyclic amines) is 1. The summed E-state index contributed by atoms with van der Waals surface area (Å²) in [6.45, 7) is 2.00. The van der Waals surface area contributed by atoms with Gasteiger partial charge in [-0.1, -0.05) is 0 Å². The second-order valence-electron chi connectivity index (χ2n) is 4.99. The fourth-order valence-electron chi connectivity index (χ4n) is 2.62. The number of methoxy groups -OCH3 is 1. The smallest absolute Gasteiger partial charge is 0.242 e. The number of hydrogen-bond donors (Lipinski definition) is 1. The summed E-state index contributed by atoms with van der Waals surface area (Å²) in [5.74, 6) is 0.885.